The number of rotatable bonds is 2. The second-order valence-electron chi connectivity index (χ2n) is 4.56. The number of nitrogens with zero attached hydrogens (tertiary/aromatic N) is 3. The predicted octanol–water partition coefficient (Wildman–Crippen LogP) is 0.611. The number of aromatic nitrogens is 2. The molecule has 2 amide bonds. The van der Waals surface area contributed by atoms with E-state index >= 15 is 0 Å². The third-order valence-corrected chi connectivity index (χ3v) is 2.97. The van der Waals surface area contributed by atoms with Crippen LogP contribution in [0.2, 0.25) is 0 Å². The molecule has 18 heavy (non-hydrogen) atoms. The van der Waals surface area contributed by atoms with E-state index in [9.17, 15) is 9.59 Å². The van der Waals surface area contributed by atoms with Gasteiger partial charge in [-0.15, -0.1) is 16.7 Å². The number of piperazine rings is 1. The van der Waals surface area contributed by atoms with E-state index in [1.165, 1.54) is 4.90 Å². The molecule has 1 aliphatic heterocycles. The lowest BCUT2D eigenvalue weighted by atomic mass is 9.99. The normalized spacial score (nSPS) is 20.8. The van der Waals surface area contributed by atoms with Crippen molar-refractivity contribution in [3.05, 3.63) is 5.89 Å². The highest BCUT2D eigenvalue weighted by molar-refractivity contribution is 6.20. The number of alkyl halides is 1. The van der Waals surface area contributed by atoms with Gasteiger partial charge in [-0.25, -0.2) is 0 Å². The maximum absolute atomic E-state index is 11.8. The van der Waals surface area contributed by atoms with Crippen LogP contribution >= 0.6 is 11.6 Å². The van der Waals surface area contributed by atoms with Crippen molar-refractivity contribution in [3.63, 3.8) is 0 Å². The average molecular weight is 273 g/mol. The summed E-state index contributed by atoms with van der Waals surface area (Å²) in [7, 11) is 0. The predicted molar refractivity (Wildman–Crippen MR) is 63.1 cm³/mol. The zero-order valence-corrected chi connectivity index (χ0v) is 11.0. The maximum Gasteiger partial charge on any atom is 0.319 e. The number of anilines is 1. The summed E-state index contributed by atoms with van der Waals surface area (Å²) in [6.07, 6.45) is 0. The van der Waals surface area contributed by atoms with E-state index in [-0.39, 0.29) is 18.5 Å². The molecule has 0 radical (unpaired) electrons. The van der Waals surface area contributed by atoms with Crippen LogP contribution in [0.15, 0.2) is 4.42 Å². The van der Waals surface area contributed by atoms with Gasteiger partial charge in [-0.3, -0.25) is 14.9 Å². The van der Waals surface area contributed by atoms with Crippen LogP contribution in [0.5, 0.6) is 0 Å². The van der Waals surface area contributed by atoms with Crippen molar-refractivity contribution in [2.75, 3.05) is 11.4 Å². The fourth-order valence-corrected chi connectivity index (χ4v) is 1.67. The van der Waals surface area contributed by atoms with Crippen LogP contribution in [0, 0.1) is 0 Å². The number of carbonyl (C=O) groups is 2. The Morgan fingerprint density at radius 3 is 2.67 bits per heavy atom. The van der Waals surface area contributed by atoms with Crippen LogP contribution in [0.1, 0.15) is 32.0 Å². The van der Waals surface area contributed by atoms with E-state index in [1.54, 1.807) is 20.8 Å². The lowest BCUT2D eigenvalue weighted by Gasteiger charge is -2.38. The fourth-order valence-electron chi connectivity index (χ4n) is 1.59. The van der Waals surface area contributed by atoms with Gasteiger partial charge in [0.1, 0.15) is 17.5 Å². The molecule has 7 nitrogen and oxygen atoms in total. The quantitative estimate of drug-likeness (QED) is 0.627. The minimum Gasteiger partial charge on any atom is -0.406 e. The number of nitrogens with one attached hydrogen (secondary N) is 1. The van der Waals surface area contributed by atoms with Gasteiger partial charge < -0.3 is 9.32 Å². The van der Waals surface area contributed by atoms with Crippen molar-refractivity contribution >= 4 is 29.4 Å². The van der Waals surface area contributed by atoms with Crippen molar-refractivity contribution in [1.29, 1.82) is 0 Å². The monoisotopic (exact) mass is 272 g/mol. The third kappa shape index (κ3) is 2.05. The lowest BCUT2D eigenvalue weighted by molar-refractivity contribution is -0.135. The second-order valence-corrected chi connectivity index (χ2v) is 5.22. The second kappa shape index (κ2) is 4.24. The zero-order valence-electron chi connectivity index (χ0n) is 10.2. The summed E-state index contributed by atoms with van der Waals surface area (Å²) in [5.74, 6) is -0.559. The Balaban J connectivity index is 2.34. The molecule has 0 bridgehead atoms. The van der Waals surface area contributed by atoms with Gasteiger partial charge >= 0.3 is 6.01 Å². The molecule has 1 aliphatic rings. The topological polar surface area (TPSA) is 88.3 Å². The van der Waals surface area contributed by atoms with Crippen LogP contribution in [0.25, 0.3) is 0 Å². The Kier molecular flexibility index (Phi) is 3.02. The molecule has 1 aromatic heterocycles. The largest absolute Gasteiger partial charge is 0.406 e. The molecule has 2 heterocycles. The van der Waals surface area contributed by atoms with Crippen molar-refractivity contribution < 1.29 is 14.0 Å². The van der Waals surface area contributed by atoms with E-state index in [2.05, 4.69) is 15.5 Å². The van der Waals surface area contributed by atoms with Gasteiger partial charge in [0.15, 0.2) is 0 Å². The van der Waals surface area contributed by atoms with Gasteiger partial charge in [-0.05, 0) is 20.8 Å². The first-order chi connectivity index (χ1) is 8.32. The standard InChI is InChI=1S/C10H13ClN4O3/c1-5(11)7-13-14-9(18-7)15-4-6(16)12-8(17)10(15,2)3/h5H,4H2,1-3H3,(H,12,16,17). The van der Waals surface area contributed by atoms with Crippen LogP contribution in [-0.4, -0.2) is 34.1 Å². The summed E-state index contributed by atoms with van der Waals surface area (Å²) < 4.78 is 5.36. The van der Waals surface area contributed by atoms with Gasteiger partial charge in [0.25, 0.3) is 5.91 Å². The Morgan fingerprint density at radius 2 is 2.11 bits per heavy atom. The summed E-state index contributed by atoms with van der Waals surface area (Å²) in [6, 6.07) is 0.116. The molecule has 1 fully saturated rings. The van der Waals surface area contributed by atoms with Gasteiger partial charge in [0.2, 0.25) is 11.8 Å². The van der Waals surface area contributed by atoms with Crippen molar-refractivity contribution in [2.24, 2.45) is 0 Å². The molecular weight excluding hydrogens is 260 g/mol. The molecule has 0 aromatic carbocycles. The van der Waals surface area contributed by atoms with E-state index in [0.29, 0.717) is 0 Å². The molecule has 1 atom stereocenters. The molecule has 8 heteroatoms. The van der Waals surface area contributed by atoms with E-state index in [0.717, 1.165) is 0 Å². The summed E-state index contributed by atoms with van der Waals surface area (Å²) in [5, 5.41) is 9.43. The van der Waals surface area contributed by atoms with Crippen molar-refractivity contribution in [2.45, 2.75) is 31.7 Å². The third-order valence-electron chi connectivity index (χ3n) is 2.79. The number of carbonyl (C=O) groups excluding carboxylic acids is 2. The number of hydrogen-bond donors (Lipinski definition) is 1. The fraction of sp³-hybridized carbons (Fsp3) is 0.600. The molecule has 1 unspecified atom stereocenters. The molecule has 0 saturated carbocycles. The number of amides is 2. The summed E-state index contributed by atoms with van der Waals surface area (Å²) in [5.41, 5.74) is -0.937. The average Bonchev–Trinajstić information content (AvgIpc) is 2.72. The Hall–Kier alpha value is -1.63. The highest BCUT2D eigenvalue weighted by Gasteiger charge is 2.43. The van der Waals surface area contributed by atoms with Crippen LogP contribution in [0.3, 0.4) is 0 Å². The first kappa shape index (κ1) is 12.8. The first-order valence-corrected chi connectivity index (χ1v) is 5.85. The van der Waals surface area contributed by atoms with E-state index < -0.39 is 22.7 Å². The molecule has 1 saturated heterocycles. The minimum atomic E-state index is -0.937. The maximum atomic E-state index is 11.8. The van der Waals surface area contributed by atoms with Crippen molar-refractivity contribution in [1.82, 2.24) is 15.5 Å². The number of imide groups is 1. The van der Waals surface area contributed by atoms with Crippen LogP contribution in [0.4, 0.5) is 6.01 Å². The highest BCUT2D eigenvalue weighted by Crippen LogP contribution is 2.27. The van der Waals surface area contributed by atoms with Gasteiger partial charge in [0, 0.05) is 0 Å². The Labute approximate surface area is 108 Å². The molecule has 1 aromatic rings. The van der Waals surface area contributed by atoms with Crippen molar-refractivity contribution in [3.8, 4) is 0 Å². The van der Waals surface area contributed by atoms with E-state index in [4.69, 9.17) is 16.0 Å². The molecule has 2 rings (SSSR count). The molecule has 0 aliphatic carbocycles. The summed E-state index contributed by atoms with van der Waals surface area (Å²) >= 11 is 5.82. The van der Waals surface area contributed by atoms with E-state index in [1.807, 2.05) is 0 Å². The van der Waals surface area contributed by atoms with Gasteiger partial charge in [-0.1, -0.05) is 5.10 Å². The lowest BCUT2D eigenvalue weighted by Crippen LogP contribution is -2.64. The highest BCUT2D eigenvalue weighted by atomic mass is 35.5. The summed E-state index contributed by atoms with van der Waals surface area (Å²) in [6.45, 7) is 5.01. The minimum absolute atomic E-state index is 0.0168. The SMILES string of the molecule is CC(Cl)c1nnc(N2CC(=O)NC(=O)C2(C)C)o1. The number of halogens is 1. The number of hydrogen-bond acceptors (Lipinski definition) is 6. The van der Waals surface area contributed by atoms with Crippen LogP contribution < -0.4 is 10.2 Å². The summed E-state index contributed by atoms with van der Waals surface area (Å²) in [4.78, 5) is 24.6. The first-order valence-electron chi connectivity index (χ1n) is 5.41. The van der Waals surface area contributed by atoms with Gasteiger partial charge in [0.05, 0.1) is 0 Å². The molecule has 0 spiro atoms. The Bertz CT molecular complexity index is 497. The molecule has 1 N–H and O–H groups in total. The zero-order chi connectivity index (χ0) is 13.5. The van der Waals surface area contributed by atoms with Crippen LogP contribution in [-0.2, 0) is 9.59 Å². The molecule has 98 valence electrons. The molecular formula is C10H13ClN4O3. The van der Waals surface area contributed by atoms with Gasteiger partial charge in [-0.2, -0.15) is 0 Å². The smallest absolute Gasteiger partial charge is 0.319 e. The Morgan fingerprint density at radius 1 is 1.44 bits per heavy atom.